The number of aromatic hydroxyl groups is 1. The quantitative estimate of drug-likeness (QED) is 0.803. The number of benzene rings is 1. The number of phenolic OH excluding ortho intramolecular Hbond substituents is 1. The number of ketones is 1. The third-order valence-electron chi connectivity index (χ3n) is 3.36. The van der Waals surface area contributed by atoms with Crippen LogP contribution in [-0.2, 0) is 16.0 Å². The second-order valence-corrected chi connectivity index (χ2v) is 5.31. The summed E-state index contributed by atoms with van der Waals surface area (Å²) in [6, 6.07) is 6.85. The Kier molecular flexibility index (Phi) is 6.22. The molecule has 0 aliphatic heterocycles. The van der Waals surface area contributed by atoms with Gasteiger partial charge in [0.05, 0.1) is 6.54 Å². The van der Waals surface area contributed by atoms with E-state index in [1.54, 1.807) is 12.1 Å². The monoisotopic (exact) mass is 277 g/mol. The number of carbonyl (C=O) groups is 2. The van der Waals surface area contributed by atoms with Crippen LogP contribution in [0.4, 0.5) is 0 Å². The van der Waals surface area contributed by atoms with Gasteiger partial charge in [0.1, 0.15) is 5.75 Å². The average molecular weight is 277 g/mol. The van der Waals surface area contributed by atoms with Gasteiger partial charge in [0.2, 0.25) is 5.91 Å². The van der Waals surface area contributed by atoms with Crippen molar-refractivity contribution in [3.05, 3.63) is 29.8 Å². The molecule has 110 valence electrons. The van der Waals surface area contributed by atoms with Crippen LogP contribution < -0.4 is 5.32 Å². The predicted molar refractivity (Wildman–Crippen MR) is 78.4 cm³/mol. The van der Waals surface area contributed by atoms with E-state index in [0.29, 0.717) is 12.8 Å². The molecule has 4 heteroatoms. The number of Topliss-reactive ketones (excluding diaryl/α,β-unsaturated/α-hetero) is 1. The lowest BCUT2D eigenvalue weighted by atomic mass is 9.96. The standard InChI is InChI=1S/C16H23NO3/c1-4-13(9-12-5-7-14(18)8-6-12)16(20)17-10-15(19)11(2)3/h5-8,11,13,18H,4,9-10H2,1-3H3,(H,17,20)/t13-/m0/s1. The first kappa shape index (κ1) is 16.2. The normalized spacial score (nSPS) is 12.2. The van der Waals surface area contributed by atoms with Gasteiger partial charge in [0, 0.05) is 11.8 Å². The molecule has 0 unspecified atom stereocenters. The first-order chi connectivity index (χ1) is 9.43. The van der Waals surface area contributed by atoms with E-state index in [0.717, 1.165) is 5.56 Å². The minimum Gasteiger partial charge on any atom is -0.508 e. The Morgan fingerprint density at radius 2 is 1.80 bits per heavy atom. The fraction of sp³-hybridized carbons (Fsp3) is 0.500. The van der Waals surface area contributed by atoms with Crippen LogP contribution in [0, 0.1) is 11.8 Å². The zero-order valence-corrected chi connectivity index (χ0v) is 12.3. The lowest BCUT2D eigenvalue weighted by Gasteiger charge is -2.15. The van der Waals surface area contributed by atoms with Gasteiger partial charge in [-0.2, -0.15) is 0 Å². The summed E-state index contributed by atoms with van der Waals surface area (Å²) in [7, 11) is 0. The summed E-state index contributed by atoms with van der Waals surface area (Å²) in [6.45, 7) is 5.70. The van der Waals surface area contributed by atoms with Gasteiger partial charge in [0.25, 0.3) is 0 Å². The highest BCUT2D eigenvalue weighted by atomic mass is 16.3. The van der Waals surface area contributed by atoms with Crippen molar-refractivity contribution in [2.75, 3.05) is 6.54 Å². The van der Waals surface area contributed by atoms with Crippen molar-refractivity contribution in [3.63, 3.8) is 0 Å². The van der Waals surface area contributed by atoms with Gasteiger partial charge >= 0.3 is 0 Å². The summed E-state index contributed by atoms with van der Waals surface area (Å²) in [5.74, 6) is -0.0480. The van der Waals surface area contributed by atoms with Crippen molar-refractivity contribution in [1.29, 1.82) is 0 Å². The van der Waals surface area contributed by atoms with Gasteiger partial charge in [-0.25, -0.2) is 0 Å². The first-order valence-corrected chi connectivity index (χ1v) is 7.02. The van der Waals surface area contributed by atoms with E-state index in [9.17, 15) is 14.7 Å². The van der Waals surface area contributed by atoms with Gasteiger partial charge in [-0.15, -0.1) is 0 Å². The lowest BCUT2D eigenvalue weighted by Crippen LogP contribution is -2.36. The van der Waals surface area contributed by atoms with Crippen LogP contribution in [0.15, 0.2) is 24.3 Å². The largest absolute Gasteiger partial charge is 0.508 e. The molecule has 0 spiro atoms. The molecule has 0 aliphatic carbocycles. The van der Waals surface area contributed by atoms with E-state index >= 15 is 0 Å². The van der Waals surface area contributed by atoms with Gasteiger partial charge in [0.15, 0.2) is 5.78 Å². The van der Waals surface area contributed by atoms with Gasteiger partial charge < -0.3 is 10.4 Å². The molecule has 2 N–H and O–H groups in total. The van der Waals surface area contributed by atoms with E-state index in [2.05, 4.69) is 5.32 Å². The molecule has 0 bridgehead atoms. The van der Waals surface area contributed by atoms with Crippen LogP contribution in [0.3, 0.4) is 0 Å². The van der Waals surface area contributed by atoms with Crippen LogP contribution >= 0.6 is 0 Å². The van der Waals surface area contributed by atoms with Crippen LogP contribution in [0.25, 0.3) is 0 Å². The molecule has 0 saturated heterocycles. The highest BCUT2D eigenvalue weighted by Gasteiger charge is 2.18. The fourth-order valence-electron chi connectivity index (χ4n) is 1.86. The Hall–Kier alpha value is -1.84. The van der Waals surface area contributed by atoms with Crippen LogP contribution in [-0.4, -0.2) is 23.3 Å². The van der Waals surface area contributed by atoms with Gasteiger partial charge in [-0.1, -0.05) is 32.9 Å². The minimum atomic E-state index is -0.153. The van der Waals surface area contributed by atoms with E-state index in [1.807, 2.05) is 32.9 Å². The molecule has 1 aromatic carbocycles. The van der Waals surface area contributed by atoms with Crippen LogP contribution in [0.5, 0.6) is 5.75 Å². The molecule has 1 amide bonds. The van der Waals surface area contributed by atoms with Crippen LogP contribution in [0.1, 0.15) is 32.8 Å². The number of hydrogen-bond acceptors (Lipinski definition) is 3. The number of rotatable bonds is 7. The lowest BCUT2D eigenvalue weighted by molar-refractivity contribution is -0.128. The molecule has 0 heterocycles. The third-order valence-corrected chi connectivity index (χ3v) is 3.36. The molecule has 0 aliphatic rings. The molecular formula is C16H23NO3. The first-order valence-electron chi connectivity index (χ1n) is 7.02. The minimum absolute atomic E-state index is 0.0397. The number of amides is 1. The fourth-order valence-corrected chi connectivity index (χ4v) is 1.86. The molecule has 1 atom stereocenters. The van der Waals surface area contributed by atoms with Gasteiger partial charge in [-0.3, -0.25) is 9.59 Å². The molecule has 1 aromatic rings. The topological polar surface area (TPSA) is 66.4 Å². The van der Waals surface area contributed by atoms with E-state index in [1.165, 1.54) is 0 Å². The Morgan fingerprint density at radius 1 is 1.20 bits per heavy atom. The number of hydrogen-bond donors (Lipinski definition) is 2. The summed E-state index contributed by atoms with van der Waals surface area (Å²) in [5.41, 5.74) is 1.000. The molecule has 0 fully saturated rings. The smallest absolute Gasteiger partial charge is 0.223 e. The molecule has 0 saturated carbocycles. The Bertz CT molecular complexity index is 451. The summed E-state index contributed by atoms with van der Waals surface area (Å²) >= 11 is 0. The highest BCUT2D eigenvalue weighted by molar-refractivity contribution is 5.88. The molecule has 4 nitrogen and oxygen atoms in total. The van der Waals surface area contributed by atoms with Gasteiger partial charge in [-0.05, 0) is 30.5 Å². The maximum atomic E-state index is 12.1. The van der Waals surface area contributed by atoms with E-state index in [-0.39, 0.29) is 35.8 Å². The summed E-state index contributed by atoms with van der Waals surface area (Å²) in [5, 5.41) is 11.9. The molecule has 0 aromatic heterocycles. The van der Waals surface area contributed by atoms with Crippen molar-refractivity contribution in [3.8, 4) is 5.75 Å². The highest BCUT2D eigenvalue weighted by Crippen LogP contribution is 2.15. The number of nitrogens with one attached hydrogen (secondary N) is 1. The third kappa shape index (κ3) is 5.03. The molecule has 0 radical (unpaired) electrons. The predicted octanol–water partition coefficient (Wildman–Crippen LogP) is 2.30. The summed E-state index contributed by atoms with van der Waals surface area (Å²) < 4.78 is 0. The Morgan fingerprint density at radius 3 is 2.30 bits per heavy atom. The summed E-state index contributed by atoms with van der Waals surface area (Å²) in [6.07, 6.45) is 1.32. The van der Waals surface area contributed by atoms with E-state index < -0.39 is 0 Å². The van der Waals surface area contributed by atoms with Crippen molar-refractivity contribution in [2.24, 2.45) is 11.8 Å². The van der Waals surface area contributed by atoms with Crippen molar-refractivity contribution < 1.29 is 14.7 Å². The maximum Gasteiger partial charge on any atom is 0.223 e. The van der Waals surface area contributed by atoms with Crippen molar-refractivity contribution >= 4 is 11.7 Å². The zero-order chi connectivity index (χ0) is 15.1. The molecular weight excluding hydrogens is 254 g/mol. The molecule has 1 rings (SSSR count). The van der Waals surface area contributed by atoms with Crippen molar-refractivity contribution in [1.82, 2.24) is 5.32 Å². The second kappa shape index (κ2) is 7.68. The Balaban J connectivity index is 2.55. The van der Waals surface area contributed by atoms with Crippen LogP contribution in [0.2, 0.25) is 0 Å². The van der Waals surface area contributed by atoms with E-state index in [4.69, 9.17) is 0 Å². The SMILES string of the molecule is CC[C@@H](Cc1ccc(O)cc1)C(=O)NCC(=O)C(C)C. The molecule has 20 heavy (non-hydrogen) atoms. The zero-order valence-electron chi connectivity index (χ0n) is 12.3. The second-order valence-electron chi connectivity index (χ2n) is 5.31. The number of carbonyl (C=O) groups excluding carboxylic acids is 2. The average Bonchev–Trinajstić information content (AvgIpc) is 2.43. The number of phenols is 1. The van der Waals surface area contributed by atoms with Crippen molar-refractivity contribution in [2.45, 2.75) is 33.6 Å². The maximum absolute atomic E-state index is 12.1. The summed E-state index contributed by atoms with van der Waals surface area (Å²) in [4.78, 5) is 23.6. The Labute approximate surface area is 120 Å².